The molecular formula is C13H11F4N3. The largest absolute Gasteiger partial charge is 0.434 e. The van der Waals surface area contributed by atoms with Crippen molar-refractivity contribution in [3.8, 4) is 0 Å². The van der Waals surface area contributed by atoms with E-state index in [1.54, 1.807) is 12.1 Å². The standard InChI is InChI=1S/C13H11F4N3/c14-9-3-1-2-8(6-9)10-4-5-20-7-11(13(15,16)17)19-12(20)18-10/h1-3,6-7,10H,4-5H2,(H,18,19). The molecule has 1 atom stereocenters. The fraction of sp³-hybridized carbons (Fsp3) is 0.308. The lowest BCUT2D eigenvalue weighted by Crippen LogP contribution is -2.21. The molecule has 3 rings (SSSR count). The van der Waals surface area contributed by atoms with E-state index in [1.807, 2.05) is 0 Å². The van der Waals surface area contributed by atoms with Gasteiger partial charge in [0.1, 0.15) is 5.82 Å². The molecule has 0 saturated heterocycles. The molecule has 2 heterocycles. The summed E-state index contributed by atoms with van der Waals surface area (Å²) in [5.41, 5.74) is -0.215. The Bertz CT molecular complexity index is 633. The number of alkyl halides is 3. The van der Waals surface area contributed by atoms with Crippen molar-refractivity contribution >= 4 is 5.95 Å². The number of nitrogens with one attached hydrogen (secondary N) is 1. The van der Waals surface area contributed by atoms with Crippen molar-refractivity contribution in [1.29, 1.82) is 0 Å². The van der Waals surface area contributed by atoms with Gasteiger partial charge in [0.25, 0.3) is 0 Å². The summed E-state index contributed by atoms with van der Waals surface area (Å²) < 4.78 is 52.4. The Labute approximate surface area is 112 Å². The number of aryl methyl sites for hydroxylation is 1. The van der Waals surface area contributed by atoms with Crippen LogP contribution in [0.5, 0.6) is 0 Å². The predicted octanol–water partition coefficient (Wildman–Crippen LogP) is 3.60. The minimum atomic E-state index is -4.46. The third-order valence-electron chi connectivity index (χ3n) is 3.28. The minimum absolute atomic E-state index is 0.165. The highest BCUT2D eigenvalue weighted by molar-refractivity contribution is 5.37. The van der Waals surface area contributed by atoms with Gasteiger partial charge in [0, 0.05) is 12.7 Å². The average Bonchev–Trinajstić information content (AvgIpc) is 2.81. The number of aromatic nitrogens is 2. The summed E-state index contributed by atoms with van der Waals surface area (Å²) in [5.74, 6) is -0.202. The van der Waals surface area contributed by atoms with Crippen LogP contribution in [0.3, 0.4) is 0 Å². The fourth-order valence-electron chi connectivity index (χ4n) is 2.31. The molecule has 0 radical (unpaired) electrons. The van der Waals surface area contributed by atoms with E-state index in [9.17, 15) is 17.6 Å². The molecule has 1 aromatic heterocycles. The fourth-order valence-corrected chi connectivity index (χ4v) is 2.31. The molecule has 106 valence electrons. The first kappa shape index (κ1) is 13.0. The Hall–Kier alpha value is -2.05. The zero-order chi connectivity index (χ0) is 14.3. The second-order valence-corrected chi connectivity index (χ2v) is 4.68. The van der Waals surface area contributed by atoms with E-state index >= 15 is 0 Å². The number of hydrogen-bond donors (Lipinski definition) is 1. The molecule has 1 aliphatic rings. The Morgan fingerprint density at radius 1 is 1.30 bits per heavy atom. The highest BCUT2D eigenvalue weighted by atomic mass is 19.4. The number of fused-ring (bicyclic) bond motifs is 1. The summed E-state index contributed by atoms with van der Waals surface area (Å²) in [6.07, 6.45) is -2.89. The predicted molar refractivity (Wildman–Crippen MR) is 64.6 cm³/mol. The number of imidazole rings is 1. The van der Waals surface area contributed by atoms with Crippen molar-refractivity contribution in [3.05, 3.63) is 47.5 Å². The average molecular weight is 285 g/mol. The quantitative estimate of drug-likeness (QED) is 0.811. The number of benzene rings is 1. The first-order valence-corrected chi connectivity index (χ1v) is 6.10. The molecular weight excluding hydrogens is 274 g/mol. The number of anilines is 1. The summed E-state index contributed by atoms with van der Waals surface area (Å²) in [4.78, 5) is 3.55. The van der Waals surface area contributed by atoms with Crippen molar-refractivity contribution in [2.24, 2.45) is 0 Å². The lowest BCUT2D eigenvalue weighted by Gasteiger charge is -2.25. The van der Waals surface area contributed by atoms with Gasteiger partial charge in [-0.15, -0.1) is 0 Å². The maximum Gasteiger partial charge on any atom is 0.434 e. The van der Waals surface area contributed by atoms with Gasteiger partial charge in [0.2, 0.25) is 5.95 Å². The van der Waals surface area contributed by atoms with Crippen LogP contribution in [0.15, 0.2) is 30.5 Å². The Morgan fingerprint density at radius 3 is 2.80 bits per heavy atom. The smallest absolute Gasteiger partial charge is 0.349 e. The first-order chi connectivity index (χ1) is 9.43. The van der Waals surface area contributed by atoms with E-state index in [0.29, 0.717) is 18.5 Å². The van der Waals surface area contributed by atoms with Crippen molar-refractivity contribution in [1.82, 2.24) is 9.55 Å². The van der Waals surface area contributed by atoms with E-state index in [-0.39, 0.29) is 17.8 Å². The van der Waals surface area contributed by atoms with Crippen molar-refractivity contribution in [2.45, 2.75) is 25.2 Å². The zero-order valence-corrected chi connectivity index (χ0v) is 10.3. The molecule has 2 aromatic rings. The third-order valence-corrected chi connectivity index (χ3v) is 3.28. The second-order valence-electron chi connectivity index (χ2n) is 4.68. The molecule has 0 aliphatic carbocycles. The van der Waals surface area contributed by atoms with Gasteiger partial charge in [-0.05, 0) is 24.1 Å². The highest BCUT2D eigenvalue weighted by Gasteiger charge is 2.36. The normalized spacial score (nSPS) is 18.5. The summed E-state index contributed by atoms with van der Waals surface area (Å²) in [5, 5.41) is 2.92. The molecule has 0 saturated carbocycles. The van der Waals surface area contributed by atoms with Gasteiger partial charge < -0.3 is 9.88 Å². The molecule has 0 amide bonds. The van der Waals surface area contributed by atoms with Gasteiger partial charge >= 0.3 is 6.18 Å². The maximum absolute atomic E-state index is 13.2. The van der Waals surface area contributed by atoms with Gasteiger partial charge in [-0.3, -0.25) is 0 Å². The van der Waals surface area contributed by atoms with Gasteiger partial charge in [-0.25, -0.2) is 9.37 Å². The molecule has 20 heavy (non-hydrogen) atoms. The SMILES string of the molecule is Fc1cccc(C2CCn3cc(C(F)(F)F)nc3N2)c1. The van der Waals surface area contributed by atoms with Crippen LogP contribution in [0.4, 0.5) is 23.5 Å². The molecule has 0 fully saturated rings. The molecule has 1 unspecified atom stereocenters. The van der Waals surface area contributed by atoms with E-state index in [0.717, 1.165) is 6.20 Å². The Kier molecular flexibility index (Phi) is 2.92. The van der Waals surface area contributed by atoms with E-state index in [2.05, 4.69) is 10.3 Å². The van der Waals surface area contributed by atoms with E-state index in [1.165, 1.54) is 16.7 Å². The van der Waals surface area contributed by atoms with Gasteiger partial charge in [-0.2, -0.15) is 13.2 Å². The second kappa shape index (κ2) is 4.50. The van der Waals surface area contributed by atoms with Crippen molar-refractivity contribution in [3.63, 3.8) is 0 Å². The molecule has 1 aliphatic heterocycles. The number of rotatable bonds is 1. The summed E-state index contributed by atoms with van der Waals surface area (Å²) >= 11 is 0. The third kappa shape index (κ3) is 2.35. The summed E-state index contributed by atoms with van der Waals surface area (Å²) in [6.45, 7) is 0.409. The molecule has 1 aromatic carbocycles. The van der Waals surface area contributed by atoms with Crippen molar-refractivity contribution in [2.75, 3.05) is 5.32 Å². The summed E-state index contributed by atoms with van der Waals surface area (Å²) in [7, 11) is 0. The van der Waals surface area contributed by atoms with E-state index in [4.69, 9.17) is 0 Å². The zero-order valence-electron chi connectivity index (χ0n) is 10.3. The van der Waals surface area contributed by atoms with Crippen LogP contribution in [-0.2, 0) is 12.7 Å². The van der Waals surface area contributed by atoms with Crippen molar-refractivity contribution < 1.29 is 17.6 Å². The van der Waals surface area contributed by atoms with Crippen LogP contribution in [0.2, 0.25) is 0 Å². The molecule has 7 heteroatoms. The van der Waals surface area contributed by atoms with Gasteiger partial charge in [0.05, 0.1) is 6.04 Å². The Morgan fingerprint density at radius 2 is 2.10 bits per heavy atom. The van der Waals surface area contributed by atoms with Crippen LogP contribution in [0, 0.1) is 5.82 Å². The summed E-state index contributed by atoms with van der Waals surface area (Å²) in [6, 6.07) is 5.79. The number of nitrogens with zero attached hydrogens (tertiary/aromatic N) is 2. The number of hydrogen-bond acceptors (Lipinski definition) is 2. The monoisotopic (exact) mass is 285 g/mol. The maximum atomic E-state index is 13.2. The van der Waals surface area contributed by atoms with Gasteiger partial charge in [-0.1, -0.05) is 12.1 Å². The van der Waals surface area contributed by atoms with Crippen LogP contribution in [-0.4, -0.2) is 9.55 Å². The lowest BCUT2D eigenvalue weighted by molar-refractivity contribution is -0.140. The number of halogens is 4. The van der Waals surface area contributed by atoms with E-state index < -0.39 is 11.9 Å². The molecule has 1 N–H and O–H groups in total. The van der Waals surface area contributed by atoms with Crippen LogP contribution in [0.1, 0.15) is 23.7 Å². The first-order valence-electron chi connectivity index (χ1n) is 6.10. The topological polar surface area (TPSA) is 29.9 Å². The molecule has 0 bridgehead atoms. The van der Waals surface area contributed by atoms with Crippen LogP contribution < -0.4 is 5.32 Å². The molecule has 0 spiro atoms. The minimum Gasteiger partial charge on any atom is -0.349 e. The van der Waals surface area contributed by atoms with Gasteiger partial charge in [0.15, 0.2) is 5.69 Å². The molecule has 3 nitrogen and oxygen atoms in total. The van der Waals surface area contributed by atoms with Crippen LogP contribution in [0.25, 0.3) is 0 Å². The lowest BCUT2D eigenvalue weighted by atomic mass is 10.0. The Balaban J connectivity index is 1.87. The van der Waals surface area contributed by atoms with Crippen LogP contribution >= 0.6 is 0 Å². The highest BCUT2D eigenvalue weighted by Crippen LogP contribution is 2.33.